The molecule has 5 nitrogen and oxygen atoms in total. The maximum atomic E-state index is 13.2. The topological polar surface area (TPSA) is 74.3 Å². The first-order valence-electron chi connectivity index (χ1n) is 10.1. The van der Waals surface area contributed by atoms with E-state index in [0.29, 0.717) is 6.42 Å². The van der Waals surface area contributed by atoms with Gasteiger partial charge in [-0.05, 0) is 46.2 Å². The highest BCUT2D eigenvalue weighted by Gasteiger charge is 2.57. The molecular formula is C17H36NO4PS5. The third kappa shape index (κ3) is 7.88. The third-order valence-corrected chi connectivity index (χ3v) is 24.8. The van der Waals surface area contributed by atoms with Crippen LogP contribution >= 0.6 is 48.0 Å². The van der Waals surface area contributed by atoms with Gasteiger partial charge in [0, 0.05) is 6.42 Å². The molecule has 2 unspecified atom stereocenters. The molecule has 0 aromatic carbocycles. The van der Waals surface area contributed by atoms with Crippen molar-refractivity contribution in [3.8, 4) is 0 Å². The van der Waals surface area contributed by atoms with Crippen molar-refractivity contribution in [3.63, 3.8) is 0 Å². The number of nitrogens with zero attached hydrogens (tertiary/aromatic N) is 1. The maximum absolute atomic E-state index is 13.2. The minimum absolute atomic E-state index is 0.0400. The smallest absolute Gasteiger partial charge is 0.308 e. The summed E-state index contributed by atoms with van der Waals surface area (Å²) in [6, 6.07) is 0. The molecule has 1 saturated heterocycles. The maximum Gasteiger partial charge on any atom is 0.308 e. The second kappa shape index (κ2) is 13.8. The van der Waals surface area contributed by atoms with E-state index in [9.17, 15) is 18.2 Å². The Morgan fingerprint density at radius 1 is 0.929 bits per heavy atom. The zero-order chi connectivity index (χ0) is 21.1. The minimum Gasteiger partial charge on any atom is -0.617 e. The first-order valence-corrected chi connectivity index (χ1v) is 19.7. The Morgan fingerprint density at radius 3 is 1.86 bits per heavy atom. The van der Waals surface area contributed by atoms with Crippen molar-refractivity contribution in [3.05, 3.63) is 5.21 Å². The van der Waals surface area contributed by atoms with Crippen LogP contribution in [0.4, 0.5) is 0 Å². The van der Waals surface area contributed by atoms with Gasteiger partial charge in [0.1, 0.15) is 0 Å². The number of hydrogen-bond acceptors (Lipinski definition) is 8. The van der Waals surface area contributed by atoms with Gasteiger partial charge in [-0.3, -0.25) is 8.62 Å². The summed E-state index contributed by atoms with van der Waals surface area (Å²) in [4.78, 5) is -1.02. The number of rotatable bonds is 16. The average Bonchev–Trinajstić information content (AvgIpc) is 2.87. The molecular weight excluding hydrogens is 473 g/mol. The molecule has 0 spiro atoms. The lowest BCUT2D eigenvalue weighted by atomic mass is 10.1. The fraction of sp³-hybridized carbons (Fsp3) is 1.00. The highest BCUT2D eigenvalue weighted by atomic mass is 33.6. The van der Waals surface area contributed by atoms with Crippen LogP contribution in [-0.4, -0.2) is 43.1 Å². The van der Waals surface area contributed by atoms with E-state index in [1.807, 2.05) is 0 Å². The van der Waals surface area contributed by atoms with E-state index in [-0.39, 0.29) is 19.5 Å². The molecule has 0 radical (unpaired) electrons. The molecule has 0 bridgehead atoms. The molecule has 0 aliphatic carbocycles. The van der Waals surface area contributed by atoms with Crippen molar-refractivity contribution < 1.29 is 17.0 Å². The predicted octanol–water partition coefficient (Wildman–Crippen LogP) is 7.50. The van der Waals surface area contributed by atoms with E-state index in [1.54, 1.807) is 12.5 Å². The lowest BCUT2D eigenvalue weighted by molar-refractivity contribution is -0.747. The van der Waals surface area contributed by atoms with Gasteiger partial charge < -0.3 is 5.21 Å². The summed E-state index contributed by atoms with van der Waals surface area (Å²) in [7, 11) is 0.914. The van der Waals surface area contributed by atoms with Crippen LogP contribution in [0.2, 0.25) is 0 Å². The molecule has 0 aromatic rings. The highest BCUT2D eigenvalue weighted by Crippen LogP contribution is 2.80. The van der Waals surface area contributed by atoms with E-state index in [2.05, 4.69) is 6.92 Å². The molecule has 0 N–H and O–H groups in total. The largest absolute Gasteiger partial charge is 0.617 e. The lowest BCUT2D eigenvalue weighted by Crippen LogP contribution is -2.45. The van der Waals surface area contributed by atoms with Crippen molar-refractivity contribution in [1.29, 1.82) is 0 Å². The summed E-state index contributed by atoms with van der Waals surface area (Å²) in [6.07, 6.45) is 15.2. The number of hydroxylamine groups is 2. The Hall–Kier alpha value is 1.50. The van der Waals surface area contributed by atoms with Crippen LogP contribution in [0, 0.1) is 5.21 Å². The average molecular weight is 510 g/mol. The second-order valence-electron chi connectivity index (χ2n) is 7.22. The lowest BCUT2D eigenvalue weighted by Gasteiger charge is -2.37. The molecule has 1 heterocycles. The first-order chi connectivity index (χ1) is 13.3. The molecule has 2 atom stereocenters. The fourth-order valence-corrected chi connectivity index (χ4v) is 26.0. The molecule has 168 valence electrons. The first kappa shape index (κ1) is 27.5. The van der Waals surface area contributed by atoms with E-state index < -0.39 is 24.6 Å². The van der Waals surface area contributed by atoms with E-state index in [4.69, 9.17) is 0 Å². The highest BCUT2D eigenvalue weighted by molar-refractivity contribution is 9.23. The standard InChI is InChI=1S/C17H36NO4PS5/c1-4-5-6-7-8-9-10-11-12-13-15-18(19)16-14-17(28(18,21)22)23(20,26-24-2)27-25-3/h17H,4-16H2,1-3H3. The molecule has 1 aliphatic heterocycles. The summed E-state index contributed by atoms with van der Waals surface area (Å²) in [5.74, 6) is 0. The van der Waals surface area contributed by atoms with Crippen molar-refractivity contribution in [2.45, 2.75) is 82.5 Å². The molecule has 28 heavy (non-hydrogen) atoms. The fourth-order valence-electron chi connectivity index (χ4n) is 3.52. The van der Waals surface area contributed by atoms with Crippen LogP contribution < -0.4 is 0 Å². The number of unbranched alkanes of at least 4 members (excludes halogenated alkanes) is 9. The van der Waals surface area contributed by atoms with Gasteiger partial charge in [0.2, 0.25) is 5.55 Å². The zero-order valence-corrected chi connectivity index (χ0v) is 22.3. The molecule has 0 aromatic heterocycles. The third-order valence-electron chi connectivity index (χ3n) is 5.09. The van der Waals surface area contributed by atoms with Crippen molar-refractivity contribution in [2.24, 2.45) is 0 Å². The quantitative estimate of drug-likeness (QED) is 0.0696. The predicted molar refractivity (Wildman–Crippen MR) is 132 cm³/mol. The van der Waals surface area contributed by atoms with Crippen molar-refractivity contribution in [2.75, 3.05) is 25.6 Å². The van der Waals surface area contributed by atoms with Gasteiger partial charge in [0.15, 0.2) is 4.99 Å². The zero-order valence-electron chi connectivity index (χ0n) is 17.3. The van der Waals surface area contributed by atoms with Gasteiger partial charge >= 0.3 is 10.0 Å². The monoisotopic (exact) mass is 509 g/mol. The van der Waals surface area contributed by atoms with E-state index in [0.717, 1.165) is 40.1 Å². The Labute approximate surface area is 187 Å². The second-order valence-corrected chi connectivity index (χ2v) is 22.0. The van der Waals surface area contributed by atoms with Gasteiger partial charge in [0.05, 0.1) is 13.1 Å². The molecule has 1 fully saturated rings. The summed E-state index contributed by atoms with van der Waals surface area (Å²) in [5, 5.41) is 13.1. The minimum atomic E-state index is -3.99. The Bertz CT molecular complexity index is 582. The normalized spacial score (nSPS) is 24.6. The van der Waals surface area contributed by atoms with E-state index in [1.165, 1.54) is 60.1 Å². The van der Waals surface area contributed by atoms with Crippen LogP contribution in [0.15, 0.2) is 0 Å². The van der Waals surface area contributed by atoms with Crippen LogP contribution in [0.3, 0.4) is 0 Å². The number of sulfonamides is 1. The molecule has 1 aliphatic rings. The van der Waals surface area contributed by atoms with Gasteiger partial charge in [-0.2, -0.15) is 8.42 Å². The SMILES string of the molecule is CCCCCCCCCCCC[N+]1([O-])CCC(P(=O)(SSC)SSC)S1(=O)=O. The van der Waals surface area contributed by atoms with Crippen LogP contribution in [-0.2, 0) is 14.6 Å². The number of quaternary nitrogens is 1. The molecule has 1 rings (SSSR count). The summed E-state index contributed by atoms with van der Waals surface area (Å²) >= 11 is 0. The van der Waals surface area contributed by atoms with Gasteiger partial charge in [-0.1, -0.05) is 79.9 Å². The van der Waals surface area contributed by atoms with Gasteiger partial charge in [-0.15, -0.1) is 0 Å². The van der Waals surface area contributed by atoms with Crippen LogP contribution in [0.1, 0.15) is 77.6 Å². The van der Waals surface area contributed by atoms with E-state index >= 15 is 0 Å². The Kier molecular flexibility index (Phi) is 13.6. The van der Waals surface area contributed by atoms with Crippen LogP contribution in [0.5, 0.6) is 0 Å². The van der Waals surface area contributed by atoms with Crippen molar-refractivity contribution in [1.82, 2.24) is 0 Å². The van der Waals surface area contributed by atoms with Gasteiger partial charge in [-0.25, -0.2) is 0 Å². The molecule has 0 amide bonds. The Balaban J connectivity index is 2.44. The Morgan fingerprint density at radius 2 is 1.39 bits per heavy atom. The van der Waals surface area contributed by atoms with Gasteiger partial charge in [0.25, 0.3) is 0 Å². The summed E-state index contributed by atoms with van der Waals surface area (Å²) in [5.41, 5.74) is -3.08. The molecule has 0 saturated carbocycles. The van der Waals surface area contributed by atoms with Crippen LogP contribution in [0.25, 0.3) is 0 Å². The molecule has 11 heteroatoms. The number of hydrogen-bond donors (Lipinski definition) is 0. The summed E-state index contributed by atoms with van der Waals surface area (Å²) < 4.78 is 37.9. The van der Waals surface area contributed by atoms with Crippen molar-refractivity contribution >= 4 is 58.0 Å². The summed E-state index contributed by atoms with van der Waals surface area (Å²) in [6.45, 7) is 2.36.